The Hall–Kier alpha value is -3.88. The number of hydrogen-bond acceptors (Lipinski definition) is 6. The van der Waals surface area contributed by atoms with E-state index in [1.165, 1.54) is 18.8 Å². The Morgan fingerprint density at radius 3 is 2.82 bits per heavy atom. The number of hydrazone groups is 1. The van der Waals surface area contributed by atoms with Crippen LogP contribution in [0.25, 0.3) is 0 Å². The Morgan fingerprint density at radius 2 is 2.11 bits per heavy atom. The number of benzene rings is 1. The number of aromatic nitrogens is 2. The number of furan rings is 1. The largest absolute Gasteiger partial charge is 0.463 e. The zero-order valence-corrected chi connectivity index (χ0v) is 14.9. The van der Waals surface area contributed by atoms with E-state index >= 15 is 0 Å². The third-order valence-corrected chi connectivity index (χ3v) is 3.71. The van der Waals surface area contributed by atoms with E-state index in [1.54, 1.807) is 18.3 Å². The minimum atomic E-state index is -0.905. The Bertz CT molecular complexity index is 892. The van der Waals surface area contributed by atoms with Crippen molar-refractivity contribution in [2.75, 3.05) is 0 Å². The van der Waals surface area contributed by atoms with Crippen LogP contribution in [0, 0.1) is 0 Å². The molecule has 3 aromatic rings. The van der Waals surface area contributed by atoms with Crippen LogP contribution in [0.15, 0.2) is 70.8 Å². The van der Waals surface area contributed by atoms with Crippen molar-refractivity contribution in [3.05, 3.63) is 78.3 Å². The second-order valence-corrected chi connectivity index (χ2v) is 5.79. The van der Waals surface area contributed by atoms with Crippen LogP contribution in [0.1, 0.15) is 17.0 Å². The molecule has 0 aliphatic heterocycles. The van der Waals surface area contributed by atoms with Gasteiger partial charge in [0, 0.05) is 18.3 Å². The molecule has 0 radical (unpaired) electrons. The lowest BCUT2D eigenvalue weighted by atomic mass is 10.1. The summed E-state index contributed by atoms with van der Waals surface area (Å²) in [7, 11) is 0. The molecule has 2 amide bonds. The minimum Gasteiger partial charge on any atom is -0.463 e. The molecular formula is C19H19N5O4. The number of H-pyrrole nitrogens is 1. The maximum absolute atomic E-state index is 12.4. The van der Waals surface area contributed by atoms with E-state index in [0.29, 0.717) is 11.5 Å². The van der Waals surface area contributed by atoms with Crippen LogP contribution in [0.5, 0.6) is 0 Å². The third-order valence-electron chi connectivity index (χ3n) is 3.71. The number of nitrogens with one attached hydrogen (secondary N) is 3. The number of nitrogens with zero attached hydrogens (tertiary/aromatic N) is 2. The van der Waals surface area contributed by atoms with Gasteiger partial charge >= 0.3 is 6.09 Å². The highest BCUT2D eigenvalue weighted by molar-refractivity contribution is 5.87. The second-order valence-electron chi connectivity index (χ2n) is 5.79. The standard InChI is InChI=1S/C19H19N5O4/c25-18(24-22-11-16-7-4-8-27-16)17(9-15-10-20-13-21-15)23-19(26)28-12-14-5-2-1-3-6-14/h1-8,10-11,13,17H,9,12H2,(H,20,21)(H,23,26)(H,24,25)/b22-11-/t17-/m0/s1. The molecule has 9 nitrogen and oxygen atoms in total. The average molecular weight is 381 g/mol. The monoisotopic (exact) mass is 381 g/mol. The molecule has 0 aliphatic carbocycles. The number of imidazole rings is 1. The summed E-state index contributed by atoms with van der Waals surface area (Å²) in [5.74, 6) is -0.0188. The van der Waals surface area contributed by atoms with E-state index in [1.807, 2.05) is 30.3 Å². The van der Waals surface area contributed by atoms with Crippen molar-refractivity contribution in [2.45, 2.75) is 19.1 Å². The molecule has 0 saturated carbocycles. The molecule has 3 rings (SSSR count). The Kier molecular flexibility index (Phi) is 6.56. The Labute approximate surface area is 160 Å². The van der Waals surface area contributed by atoms with Crippen molar-refractivity contribution in [2.24, 2.45) is 5.10 Å². The fraction of sp³-hybridized carbons (Fsp3) is 0.158. The van der Waals surface area contributed by atoms with Crippen LogP contribution in [0.4, 0.5) is 4.79 Å². The molecule has 2 aromatic heterocycles. The van der Waals surface area contributed by atoms with Gasteiger partial charge in [0.05, 0.1) is 18.8 Å². The van der Waals surface area contributed by atoms with Crippen LogP contribution in [-0.4, -0.2) is 34.2 Å². The van der Waals surface area contributed by atoms with Gasteiger partial charge in [0.2, 0.25) is 0 Å². The highest BCUT2D eigenvalue weighted by atomic mass is 16.5. The summed E-state index contributed by atoms with van der Waals surface area (Å²) in [5.41, 5.74) is 3.90. The number of ether oxygens (including phenoxy) is 1. The summed E-state index contributed by atoms with van der Waals surface area (Å²) in [6, 6.07) is 11.7. The van der Waals surface area contributed by atoms with Gasteiger partial charge in [-0.3, -0.25) is 4.79 Å². The van der Waals surface area contributed by atoms with Gasteiger partial charge in [0.15, 0.2) is 0 Å². The summed E-state index contributed by atoms with van der Waals surface area (Å²) in [6.45, 7) is 0.0989. The van der Waals surface area contributed by atoms with Gasteiger partial charge < -0.3 is 19.5 Å². The van der Waals surface area contributed by atoms with Crippen LogP contribution < -0.4 is 10.7 Å². The van der Waals surface area contributed by atoms with Crippen molar-refractivity contribution >= 4 is 18.2 Å². The van der Waals surface area contributed by atoms with Crippen molar-refractivity contribution in [1.29, 1.82) is 0 Å². The molecule has 9 heteroatoms. The first-order valence-electron chi connectivity index (χ1n) is 8.51. The van der Waals surface area contributed by atoms with Crippen molar-refractivity contribution in [3.63, 3.8) is 0 Å². The number of carbonyl (C=O) groups excluding carboxylic acids is 2. The van der Waals surface area contributed by atoms with E-state index in [2.05, 4.69) is 25.8 Å². The van der Waals surface area contributed by atoms with E-state index in [9.17, 15) is 9.59 Å². The number of carbonyl (C=O) groups is 2. The van der Waals surface area contributed by atoms with Crippen LogP contribution >= 0.6 is 0 Å². The molecule has 0 saturated heterocycles. The molecule has 144 valence electrons. The fourth-order valence-corrected chi connectivity index (χ4v) is 2.33. The summed E-state index contributed by atoms with van der Waals surface area (Å²) in [4.78, 5) is 31.4. The number of amides is 2. The highest BCUT2D eigenvalue weighted by Crippen LogP contribution is 2.03. The first-order chi connectivity index (χ1) is 13.7. The molecule has 3 N–H and O–H groups in total. The maximum Gasteiger partial charge on any atom is 0.408 e. The predicted octanol–water partition coefficient (Wildman–Crippen LogP) is 1.99. The normalized spacial score (nSPS) is 11.9. The summed E-state index contributed by atoms with van der Waals surface area (Å²) in [6.07, 6.45) is 5.41. The topological polar surface area (TPSA) is 122 Å². The van der Waals surface area contributed by atoms with E-state index in [-0.39, 0.29) is 13.0 Å². The number of aromatic amines is 1. The first-order valence-corrected chi connectivity index (χ1v) is 8.51. The van der Waals surface area contributed by atoms with Gasteiger partial charge in [-0.2, -0.15) is 5.10 Å². The van der Waals surface area contributed by atoms with Gasteiger partial charge in [-0.25, -0.2) is 15.2 Å². The Balaban J connectivity index is 1.57. The van der Waals surface area contributed by atoms with E-state index in [0.717, 1.165) is 5.56 Å². The number of rotatable bonds is 8. The highest BCUT2D eigenvalue weighted by Gasteiger charge is 2.22. The molecule has 0 spiro atoms. The molecule has 2 heterocycles. The predicted molar refractivity (Wildman–Crippen MR) is 100 cm³/mol. The van der Waals surface area contributed by atoms with E-state index in [4.69, 9.17) is 9.15 Å². The quantitative estimate of drug-likeness (QED) is 0.407. The van der Waals surface area contributed by atoms with Gasteiger partial charge in [-0.1, -0.05) is 30.3 Å². The third kappa shape index (κ3) is 5.84. The van der Waals surface area contributed by atoms with E-state index < -0.39 is 18.0 Å². The lowest BCUT2D eigenvalue weighted by Gasteiger charge is -2.16. The van der Waals surface area contributed by atoms with Crippen LogP contribution in [0.3, 0.4) is 0 Å². The Morgan fingerprint density at radius 1 is 1.25 bits per heavy atom. The molecule has 0 bridgehead atoms. The number of hydrogen-bond donors (Lipinski definition) is 3. The smallest absolute Gasteiger partial charge is 0.408 e. The first kappa shape index (κ1) is 18.9. The fourth-order valence-electron chi connectivity index (χ4n) is 2.33. The SMILES string of the molecule is O=C(N[C@@H](Cc1cnc[nH]1)C(=O)N/N=C\c1ccco1)OCc1ccccc1. The zero-order chi connectivity index (χ0) is 19.6. The lowest BCUT2D eigenvalue weighted by Crippen LogP contribution is -2.47. The molecular weight excluding hydrogens is 362 g/mol. The van der Waals surface area contributed by atoms with Crippen molar-refractivity contribution < 1.29 is 18.7 Å². The molecule has 1 atom stereocenters. The van der Waals surface area contributed by atoms with Crippen molar-refractivity contribution in [3.8, 4) is 0 Å². The van der Waals surface area contributed by atoms with Crippen molar-refractivity contribution in [1.82, 2.24) is 20.7 Å². The summed E-state index contributed by atoms with van der Waals surface area (Å²) < 4.78 is 10.3. The molecule has 0 unspecified atom stereocenters. The van der Waals surface area contributed by atoms with Crippen LogP contribution in [-0.2, 0) is 22.6 Å². The summed E-state index contributed by atoms with van der Waals surface area (Å²) >= 11 is 0. The van der Waals surface area contributed by atoms with Crippen LogP contribution in [0.2, 0.25) is 0 Å². The maximum atomic E-state index is 12.4. The zero-order valence-electron chi connectivity index (χ0n) is 14.9. The van der Waals surface area contributed by atoms with Gasteiger partial charge in [0.1, 0.15) is 18.4 Å². The van der Waals surface area contributed by atoms with Gasteiger partial charge in [-0.05, 0) is 17.7 Å². The lowest BCUT2D eigenvalue weighted by molar-refractivity contribution is -0.123. The molecule has 0 fully saturated rings. The second kappa shape index (κ2) is 9.72. The van der Waals surface area contributed by atoms with Gasteiger partial charge in [-0.15, -0.1) is 0 Å². The average Bonchev–Trinajstić information content (AvgIpc) is 3.41. The minimum absolute atomic E-state index is 0.0989. The molecule has 0 aliphatic rings. The van der Waals surface area contributed by atoms with Gasteiger partial charge in [0.25, 0.3) is 5.91 Å². The molecule has 28 heavy (non-hydrogen) atoms. The molecule has 1 aromatic carbocycles. The summed E-state index contributed by atoms with van der Waals surface area (Å²) in [5, 5.41) is 6.38. The number of alkyl carbamates (subject to hydrolysis) is 1.